The Hall–Kier alpha value is -3.78. The van der Waals surface area contributed by atoms with E-state index in [1.54, 1.807) is 0 Å². The van der Waals surface area contributed by atoms with Gasteiger partial charge in [0.2, 0.25) is 0 Å². The lowest BCUT2D eigenvalue weighted by Gasteiger charge is -2.12. The molecule has 3 aromatic rings. The first-order valence-corrected chi connectivity index (χ1v) is 9.80. The molecule has 0 unspecified atom stereocenters. The number of hydrogen-bond acceptors (Lipinski definition) is 5. The van der Waals surface area contributed by atoms with Gasteiger partial charge in [-0.15, -0.1) is 0 Å². The molecule has 11 heteroatoms. The van der Waals surface area contributed by atoms with Crippen LogP contribution in [0.1, 0.15) is 11.3 Å². The Kier molecular flexibility index (Phi) is 5.53. The van der Waals surface area contributed by atoms with Gasteiger partial charge in [0.25, 0.3) is 10.0 Å². The van der Waals surface area contributed by atoms with Gasteiger partial charge >= 0.3 is 6.09 Å². The molecule has 0 bridgehead atoms. The molecule has 1 amide bonds. The first kappa shape index (κ1) is 20.9. The monoisotopic (exact) mass is 432 g/mol. The van der Waals surface area contributed by atoms with E-state index < -0.39 is 32.6 Å². The number of nitrogens with zero attached hydrogens (tertiary/aromatic N) is 4. The molecule has 8 nitrogen and oxygen atoms in total. The average molecular weight is 432 g/mol. The molecule has 0 aliphatic heterocycles. The third-order valence-corrected chi connectivity index (χ3v) is 5.92. The summed E-state index contributed by atoms with van der Waals surface area (Å²) < 4.78 is 54.6. The molecule has 0 atom stereocenters. The Balaban J connectivity index is 2.25. The Morgan fingerprint density at radius 3 is 2.67 bits per heavy atom. The zero-order valence-electron chi connectivity index (χ0n) is 15.5. The molecule has 1 N–H and O–H groups in total. The summed E-state index contributed by atoms with van der Waals surface area (Å²) in [5.74, 6) is -2.23. The highest BCUT2D eigenvalue weighted by atomic mass is 32.2. The van der Waals surface area contributed by atoms with Crippen LogP contribution < -0.4 is 0 Å². The van der Waals surface area contributed by atoms with Gasteiger partial charge in [-0.25, -0.2) is 30.9 Å². The molecule has 0 saturated heterocycles. The van der Waals surface area contributed by atoms with Gasteiger partial charge in [0.15, 0.2) is 0 Å². The summed E-state index contributed by atoms with van der Waals surface area (Å²) in [5, 5.41) is 18.4. The van der Waals surface area contributed by atoms with Gasteiger partial charge in [-0.05, 0) is 35.9 Å². The fourth-order valence-corrected chi connectivity index (χ4v) is 4.25. The third-order valence-electron chi connectivity index (χ3n) is 4.21. The van der Waals surface area contributed by atoms with Crippen molar-refractivity contribution in [3.05, 3.63) is 71.7 Å². The number of halogens is 2. The van der Waals surface area contributed by atoms with E-state index in [-0.39, 0.29) is 29.1 Å². The number of carbonyl (C=O) groups is 1. The maximum Gasteiger partial charge on any atom is 0.407 e. The molecule has 0 spiro atoms. The van der Waals surface area contributed by atoms with E-state index in [1.165, 1.54) is 31.4 Å². The molecule has 30 heavy (non-hydrogen) atoms. The second-order valence-electron chi connectivity index (χ2n) is 6.26. The summed E-state index contributed by atoms with van der Waals surface area (Å²) in [7, 11) is -3.26. The molecule has 2 heterocycles. The van der Waals surface area contributed by atoms with Crippen LogP contribution in [-0.2, 0) is 16.6 Å². The minimum absolute atomic E-state index is 0.0165. The lowest BCUT2D eigenvalue weighted by molar-refractivity contribution is 0.154. The first-order valence-electron chi connectivity index (χ1n) is 8.36. The quantitative estimate of drug-likeness (QED) is 0.662. The predicted molar refractivity (Wildman–Crippen MR) is 101 cm³/mol. The standard InChI is InChI=1S/C19H14F2N4O4S/c1-24(19(26)27)10-12-7-17(14-3-2-6-23-16(14)9-22)25(11-12)30(28,29)18-5-4-13(20)8-15(18)21/h2-8,11H,10H2,1H3,(H,26,27). The fourth-order valence-electron chi connectivity index (χ4n) is 2.81. The molecule has 154 valence electrons. The van der Waals surface area contributed by atoms with Crippen LogP contribution in [0.25, 0.3) is 11.3 Å². The highest BCUT2D eigenvalue weighted by Gasteiger charge is 2.27. The van der Waals surface area contributed by atoms with Gasteiger partial charge in [0.05, 0.1) is 12.2 Å². The molecule has 0 saturated carbocycles. The van der Waals surface area contributed by atoms with Gasteiger partial charge in [0, 0.05) is 31.1 Å². The van der Waals surface area contributed by atoms with Gasteiger partial charge in [0.1, 0.15) is 28.3 Å². The van der Waals surface area contributed by atoms with E-state index in [9.17, 15) is 27.3 Å². The zero-order valence-corrected chi connectivity index (χ0v) is 16.3. The smallest absolute Gasteiger partial charge is 0.407 e. The van der Waals surface area contributed by atoms with E-state index in [4.69, 9.17) is 5.11 Å². The Bertz CT molecular complexity index is 1280. The molecule has 0 fully saturated rings. The van der Waals surface area contributed by atoms with Crippen LogP contribution >= 0.6 is 0 Å². The summed E-state index contributed by atoms with van der Waals surface area (Å²) in [6, 6.07) is 8.21. The Morgan fingerprint density at radius 1 is 1.30 bits per heavy atom. The van der Waals surface area contributed by atoms with E-state index in [0.29, 0.717) is 6.07 Å². The highest BCUT2D eigenvalue weighted by Crippen LogP contribution is 2.30. The van der Waals surface area contributed by atoms with Crippen molar-refractivity contribution in [3.63, 3.8) is 0 Å². The molecule has 2 aromatic heterocycles. The number of benzene rings is 1. The Labute approximate surface area is 170 Å². The molecule has 0 aliphatic rings. The van der Waals surface area contributed by atoms with E-state index in [0.717, 1.165) is 27.2 Å². The largest absolute Gasteiger partial charge is 0.465 e. The van der Waals surface area contributed by atoms with Crippen LogP contribution in [-0.4, -0.2) is 40.5 Å². The summed E-state index contributed by atoms with van der Waals surface area (Å²) in [4.78, 5) is 15.2. The summed E-state index contributed by atoms with van der Waals surface area (Å²) >= 11 is 0. The number of carboxylic acid groups (broad SMARTS) is 1. The molecule has 1 aromatic carbocycles. The SMILES string of the molecule is CN(Cc1cc(-c2cccnc2C#N)n(S(=O)(=O)c2ccc(F)cc2F)c1)C(=O)O. The van der Waals surface area contributed by atoms with Crippen molar-refractivity contribution in [1.82, 2.24) is 13.9 Å². The van der Waals surface area contributed by atoms with E-state index in [2.05, 4.69) is 4.98 Å². The van der Waals surface area contributed by atoms with Crippen molar-refractivity contribution in [2.24, 2.45) is 0 Å². The predicted octanol–water partition coefficient (Wildman–Crippen LogP) is 3.05. The number of rotatable bonds is 5. The maximum absolute atomic E-state index is 14.3. The number of hydrogen-bond donors (Lipinski definition) is 1. The molecule has 3 rings (SSSR count). The molecule has 0 radical (unpaired) electrons. The molecular weight excluding hydrogens is 418 g/mol. The summed E-state index contributed by atoms with van der Waals surface area (Å²) in [6.45, 7) is -0.168. The number of nitriles is 1. The van der Waals surface area contributed by atoms with Crippen molar-refractivity contribution in [2.75, 3.05) is 7.05 Å². The lowest BCUT2D eigenvalue weighted by Crippen LogP contribution is -2.23. The van der Waals surface area contributed by atoms with E-state index >= 15 is 0 Å². The second-order valence-corrected chi connectivity index (χ2v) is 8.04. The van der Waals surface area contributed by atoms with Crippen molar-refractivity contribution < 1.29 is 27.1 Å². The number of pyridine rings is 1. The van der Waals surface area contributed by atoms with Crippen LogP contribution in [0.4, 0.5) is 13.6 Å². The summed E-state index contributed by atoms with van der Waals surface area (Å²) in [6.07, 6.45) is 1.24. The Morgan fingerprint density at radius 2 is 2.03 bits per heavy atom. The number of aromatic nitrogens is 2. The van der Waals surface area contributed by atoms with Crippen molar-refractivity contribution in [3.8, 4) is 17.3 Å². The van der Waals surface area contributed by atoms with Crippen LogP contribution in [0.15, 0.2) is 53.7 Å². The second kappa shape index (κ2) is 7.92. The van der Waals surface area contributed by atoms with Gasteiger partial charge in [-0.2, -0.15) is 5.26 Å². The normalized spacial score (nSPS) is 11.1. The van der Waals surface area contributed by atoms with Crippen molar-refractivity contribution in [2.45, 2.75) is 11.4 Å². The topological polar surface area (TPSA) is 116 Å². The van der Waals surface area contributed by atoms with Crippen LogP contribution in [0.3, 0.4) is 0 Å². The fraction of sp³-hybridized carbons (Fsp3) is 0.105. The molecule has 0 aliphatic carbocycles. The van der Waals surface area contributed by atoms with Gasteiger partial charge in [-0.3, -0.25) is 0 Å². The third kappa shape index (κ3) is 3.85. The van der Waals surface area contributed by atoms with Gasteiger partial charge in [-0.1, -0.05) is 0 Å². The van der Waals surface area contributed by atoms with Crippen molar-refractivity contribution in [1.29, 1.82) is 5.26 Å². The summed E-state index contributed by atoms with van der Waals surface area (Å²) in [5.41, 5.74) is 0.325. The lowest BCUT2D eigenvalue weighted by atomic mass is 10.1. The van der Waals surface area contributed by atoms with Crippen LogP contribution in [0.5, 0.6) is 0 Å². The first-order chi connectivity index (χ1) is 14.1. The minimum atomic E-state index is -4.55. The zero-order chi connectivity index (χ0) is 22.1. The van der Waals surface area contributed by atoms with E-state index in [1.807, 2.05) is 6.07 Å². The van der Waals surface area contributed by atoms with Crippen molar-refractivity contribution >= 4 is 16.1 Å². The van der Waals surface area contributed by atoms with Crippen LogP contribution in [0.2, 0.25) is 0 Å². The number of amides is 1. The average Bonchev–Trinajstić information content (AvgIpc) is 3.12. The maximum atomic E-state index is 14.3. The highest BCUT2D eigenvalue weighted by molar-refractivity contribution is 7.90. The van der Waals surface area contributed by atoms with Crippen LogP contribution in [0, 0.1) is 23.0 Å². The minimum Gasteiger partial charge on any atom is -0.465 e. The van der Waals surface area contributed by atoms with Gasteiger partial charge < -0.3 is 10.0 Å². The molecular formula is C19H14F2N4O4S.